The number of carbonyl (C=O) groups is 1. The molecule has 0 radical (unpaired) electrons. The Bertz CT molecular complexity index is 931. The summed E-state index contributed by atoms with van der Waals surface area (Å²) in [6.45, 7) is 2.56. The zero-order valence-electron chi connectivity index (χ0n) is 15.2. The number of aliphatic carboxylic acids is 1. The average molecular weight is 437 g/mol. The first-order valence-electron chi connectivity index (χ1n) is 8.32. The summed E-state index contributed by atoms with van der Waals surface area (Å²) in [4.78, 5) is 13.0. The Kier molecular flexibility index (Phi) is 7.19. The van der Waals surface area contributed by atoms with Crippen LogP contribution in [-0.4, -0.2) is 52.4 Å². The SMILES string of the molecule is CCS(=O)(=O)N1CCc2onc(COc3ccccn3)c2C1.O=C(O)C(F)(F)F. The highest BCUT2D eigenvalue weighted by molar-refractivity contribution is 7.89. The third-order valence-corrected chi connectivity index (χ3v) is 5.70. The number of carboxylic acid groups (broad SMARTS) is 1. The van der Waals surface area contributed by atoms with Crippen molar-refractivity contribution in [2.75, 3.05) is 12.3 Å². The van der Waals surface area contributed by atoms with Gasteiger partial charge in [0, 0.05) is 37.3 Å². The predicted octanol–water partition coefficient (Wildman–Crippen LogP) is 1.99. The van der Waals surface area contributed by atoms with E-state index in [1.165, 1.54) is 4.31 Å². The van der Waals surface area contributed by atoms with E-state index in [1.54, 1.807) is 25.3 Å². The number of carboxylic acids is 1. The van der Waals surface area contributed by atoms with Gasteiger partial charge >= 0.3 is 12.1 Å². The summed E-state index contributed by atoms with van der Waals surface area (Å²) in [5.74, 6) is -1.43. The van der Waals surface area contributed by atoms with Crippen molar-refractivity contribution in [1.82, 2.24) is 14.4 Å². The second-order valence-corrected chi connectivity index (χ2v) is 8.03. The molecule has 1 N–H and O–H groups in total. The molecule has 0 amide bonds. The van der Waals surface area contributed by atoms with E-state index in [9.17, 15) is 21.6 Å². The van der Waals surface area contributed by atoms with Crippen LogP contribution in [0.25, 0.3) is 0 Å². The van der Waals surface area contributed by atoms with E-state index in [1.807, 2.05) is 6.07 Å². The fourth-order valence-corrected chi connectivity index (χ4v) is 3.41. The van der Waals surface area contributed by atoms with Gasteiger partial charge in [-0.15, -0.1) is 0 Å². The second-order valence-electron chi connectivity index (χ2n) is 5.77. The lowest BCUT2D eigenvalue weighted by Crippen LogP contribution is -2.36. The minimum Gasteiger partial charge on any atom is -0.475 e. The van der Waals surface area contributed by atoms with Crippen LogP contribution < -0.4 is 4.74 Å². The number of hydrogen-bond acceptors (Lipinski definition) is 7. The first-order valence-corrected chi connectivity index (χ1v) is 9.93. The van der Waals surface area contributed by atoms with Gasteiger partial charge in [0.15, 0.2) is 0 Å². The maximum Gasteiger partial charge on any atom is 0.490 e. The molecule has 0 saturated heterocycles. The zero-order chi connectivity index (χ0) is 21.7. The van der Waals surface area contributed by atoms with Crippen molar-refractivity contribution in [1.29, 1.82) is 0 Å². The summed E-state index contributed by atoms with van der Waals surface area (Å²) < 4.78 is 68.1. The normalized spacial score (nSPS) is 14.5. The summed E-state index contributed by atoms with van der Waals surface area (Å²) in [7, 11) is -3.21. The maximum absolute atomic E-state index is 12.0. The van der Waals surface area contributed by atoms with E-state index in [-0.39, 0.29) is 18.9 Å². The van der Waals surface area contributed by atoms with Gasteiger partial charge in [-0.25, -0.2) is 18.2 Å². The molecule has 0 aromatic carbocycles. The highest BCUT2D eigenvalue weighted by atomic mass is 32.2. The molecule has 160 valence electrons. The first-order chi connectivity index (χ1) is 13.5. The van der Waals surface area contributed by atoms with Gasteiger partial charge < -0.3 is 14.4 Å². The topological polar surface area (TPSA) is 123 Å². The number of aromatic nitrogens is 2. The van der Waals surface area contributed by atoms with Crippen molar-refractivity contribution < 1.29 is 40.8 Å². The molecule has 1 aliphatic heterocycles. The monoisotopic (exact) mass is 437 g/mol. The number of rotatable bonds is 5. The van der Waals surface area contributed by atoms with E-state index in [4.69, 9.17) is 19.2 Å². The van der Waals surface area contributed by atoms with E-state index < -0.39 is 22.2 Å². The van der Waals surface area contributed by atoms with Crippen LogP contribution in [0.4, 0.5) is 13.2 Å². The Morgan fingerprint density at radius 3 is 2.62 bits per heavy atom. The van der Waals surface area contributed by atoms with Crippen LogP contribution in [0.1, 0.15) is 23.9 Å². The van der Waals surface area contributed by atoms with Gasteiger partial charge in [-0.1, -0.05) is 11.2 Å². The van der Waals surface area contributed by atoms with Crippen LogP contribution in [0.2, 0.25) is 0 Å². The van der Waals surface area contributed by atoms with Gasteiger partial charge in [0.05, 0.1) is 5.75 Å². The molecule has 3 rings (SSSR count). The van der Waals surface area contributed by atoms with Crippen LogP contribution in [0, 0.1) is 0 Å². The lowest BCUT2D eigenvalue weighted by molar-refractivity contribution is -0.192. The van der Waals surface area contributed by atoms with Gasteiger partial charge in [0.1, 0.15) is 18.1 Å². The number of hydrogen-bond donors (Lipinski definition) is 1. The summed E-state index contributed by atoms with van der Waals surface area (Å²) in [5.41, 5.74) is 1.43. The number of ether oxygens (including phenoxy) is 1. The van der Waals surface area contributed by atoms with E-state index in [0.29, 0.717) is 24.5 Å². The van der Waals surface area contributed by atoms with Gasteiger partial charge in [0.25, 0.3) is 0 Å². The molecule has 0 saturated carbocycles. The minimum absolute atomic E-state index is 0.0907. The van der Waals surface area contributed by atoms with Crippen molar-refractivity contribution in [3.8, 4) is 5.88 Å². The number of fused-ring (bicyclic) bond motifs is 1. The Morgan fingerprint density at radius 2 is 2.07 bits per heavy atom. The Labute approximate surface area is 164 Å². The standard InChI is InChI=1S/C14H17N3O4S.C2HF3O2/c1-2-22(18,19)17-8-6-13-11(9-17)12(16-21-13)10-20-14-5-3-4-7-15-14;3-2(4,5)1(6)7/h3-5,7H,2,6,8-10H2,1H3;(H,6,7). The minimum atomic E-state index is -5.08. The van der Waals surface area contributed by atoms with Crippen LogP contribution in [-0.2, 0) is 34.4 Å². The van der Waals surface area contributed by atoms with Crippen LogP contribution >= 0.6 is 0 Å². The Morgan fingerprint density at radius 1 is 1.38 bits per heavy atom. The van der Waals surface area contributed by atoms with Crippen molar-refractivity contribution in [2.45, 2.75) is 32.7 Å². The lowest BCUT2D eigenvalue weighted by atomic mass is 10.1. The van der Waals surface area contributed by atoms with Gasteiger partial charge in [-0.3, -0.25) is 0 Å². The summed E-state index contributed by atoms with van der Waals surface area (Å²) in [6.07, 6.45) is -2.91. The Balaban J connectivity index is 0.000000370. The quantitative estimate of drug-likeness (QED) is 0.754. The molecule has 13 heteroatoms. The smallest absolute Gasteiger partial charge is 0.475 e. The van der Waals surface area contributed by atoms with Crippen molar-refractivity contribution in [2.24, 2.45) is 0 Å². The zero-order valence-corrected chi connectivity index (χ0v) is 16.0. The lowest BCUT2D eigenvalue weighted by Gasteiger charge is -2.24. The summed E-state index contributed by atoms with van der Waals surface area (Å²) in [6, 6.07) is 5.38. The number of alkyl halides is 3. The predicted molar refractivity (Wildman–Crippen MR) is 92.3 cm³/mol. The second kappa shape index (κ2) is 9.22. The van der Waals surface area contributed by atoms with Crippen molar-refractivity contribution >= 4 is 16.0 Å². The third kappa shape index (κ3) is 6.15. The first kappa shape index (κ1) is 22.6. The van der Waals surface area contributed by atoms with E-state index in [0.717, 1.165) is 11.3 Å². The highest BCUT2D eigenvalue weighted by Gasteiger charge is 2.38. The molecular weight excluding hydrogens is 419 g/mol. The molecule has 2 aromatic rings. The number of nitrogens with zero attached hydrogens (tertiary/aromatic N) is 3. The van der Waals surface area contributed by atoms with Crippen LogP contribution in [0.15, 0.2) is 28.9 Å². The van der Waals surface area contributed by atoms with Crippen LogP contribution in [0.5, 0.6) is 5.88 Å². The molecule has 0 unspecified atom stereocenters. The van der Waals surface area contributed by atoms with Crippen molar-refractivity contribution in [3.05, 3.63) is 41.4 Å². The number of pyridine rings is 1. The summed E-state index contributed by atoms with van der Waals surface area (Å²) >= 11 is 0. The highest BCUT2D eigenvalue weighted by Crippen LogP contribution is 2.25. The molecule has 29 heavy (non-hydrogen) atoms. The van der Waals surface area contributed by atoms with Gasteiger partial charge in [-0.2, -0.15) is 17.5 Å². The molecule has 3 heterocycles. The Hall–Kier alpha value is -2.67. The molecule has 0 bridgehead atoms. The molecular formula is C16H18F3N3O6S. The largest absolute Gasteiger partial charge is 0.490 e. The average Bonchev–Trinajstić information content (AvgIpc) is 3.09. The van der Waals surface area contributed by atoms with Crippen molar-refractivity contribution in [3.63, 3.8) is 0 Å². The molecule has 9 nitrogen and oxygen atoms in total. The van der Waals surface area contributed by atoms with Crippen LogP contribution in [0.3, 0.4) is 0 Å². The molecule has 0 fully saturated rings. The van der Waals surface area contributed by atoms with Gasteiger partial charge in [-0.05, 0) is 13.0 Å². The molecule has 2 aromatic heterocycles. The fraction of sp³-hybridized carbons (Fsp3) is 0.438. The summed E-state index contributed by atoms with van der Waals surface area (Å²) in [5, 5.41) is 11.1. The number of halogens is 3. The molecule has 0 aliphatic carbocycles. The van der Waals surface area contributed by atoms with Gasteiger partial charge in [0.2, 0.25) is 15.9 Å². The van der Waals surface area contributed by atoms with E-state index >= 15 is 0 Å². The maximum atomic E-state index is 12.0. The fourth-order valence-electron chi connectivity index (χ4n) is 2.35. The molecule has 1 aliphatic rings. The number of sulfonamides is 1. The molecule has 0 spiro atoms. The van der Waals surface area contributed by atoms with E-state index in [2.05, 4.69) is 10.1 Å². The third-order valence-electron chi connectivity index (χ3n) is 3.87. The molecule has 0 atom stereocenters.